The van der Waals surface area contributed by atoms with E-state index in [2.05, 4.69) is 16.4 Å². The maximum Gasteiger partial charge on any atom is 0.250 e. The van der Waals surface area contributed by atoms with Crippen molar-refractivity contribution in [3.05, 3.63) is 99.1 Å². The number of aliphatic hydroxyl groups is 1. The Morgan fingerprint density at radius 3 is 2.84 bits per heavy atom. The Morgan fingerprint density at radius 1 is 1.24 bits per heavy atom. The number of carbonyl (C=O) groups is 1. The first-order chi connectivity index (χ1) is 18.3. The molecule has 0 saturated carbocycles. The molecule has 2 heterocycles. The highest BCUT2D eigenvalue weighted by atomic mass is 35.5. The highest BCUT2D eigenvalue weighted by molar-refractivity contribution is 6.33. The van der Waals surface area contributed by atoms with E-state index >= 15 is 0 Å². The van der Waals surface area contributed by atoms with Crippen molar-refractivity contribution in [2.45, 2.75) is 32.2 Å². The van der Waals surface area contributed by atoms with Crippen LogP contribution in [0.25, 0.3) is 5.57 Å². The summed E-state index contributed by atoms with van der Waals surface area (Å²) >= 11 is 12.4. The lowest BCUT2D eigenvalue weighted by Gasteiger charge is -2.31. The van der Waals surface area contributed by atoms with Crippen LogP contribution in [0.1, 0.15) is 42.1 Å². The second-order valence-corrected chi connectivity index (χ2v) is 10.4. The number of allylic oxidation sites excluding steroid dienone is 3. The van der Waals surface area contributed by atoms with Crippen LogP contribution in [0, 0.1) is 18.7 Å². The number of nitrogens with zero attached hydrogens (tertiary/aromatic N) is 3. The van der Waals surface area contributed by atoms with Crippen LogP contribution in [0.4, 0.5) is 16.0 Å². The topological polar surface area (TPSA) is 78.3 Å². The number of nitrogens with one attached hydrogen (secondary N) is 1. The van der Waals surface area contributed by atoms with E-state index in [1.807, 2.05) is 25.1 Å². The lowest BCUT2D eigenvalue weighted by Crippen LogP contribution is -2.38. The number of anilines is 2. The molecule has 0 bridgehead atoms. The van der Waals surface area contributed by atoms with Crippen LogP contribution in [0.5, 0.6) is 0 Å². The molecule has 2 aliphatic rings. The average Bonchev–Trinajstić information content (AvgIpc) is 3.06. The van der Waals surface area contributed by atoms with Crippen molar-refractivity contribution < 1.29 is 14.3 Å². The molecule has 1 saturated heterocycles. The molecule has 3 aromatic rings. The van der Waals surface area contributed by atoms with E-state index in [9.17, 15) is 14.3 Å². The second-order valence-electron chi connectivity index (χ2n) is 9.56. The van der Waals surface area contributed by atoms with Gasteiger partial charge in [0.2, 0.25) is 5.95 Å². The van der Waals surface area contributed by atoms with E-state index in [4.69, 9.17) is 28.2 Å². The standard InChI is InChI=1S/C29H27Cl2FN4O2/c1-17-15-33-29(34-25-10-9-22(32)14-24(25)31)35-27(17)20-8-7-18-5-3-11-36(28(38)23(18)13-20)26(16-37)19-4-2-6-21(30)12-19/h2,4,6,8-10,12-15,18,26,37H,3,5,7,11,16H2,1H3,(H,33,34,35)/t18?,26-/m1/s1. The van der Waals surface area contributed by atoms with E-state index in [1.165, 1.54) is 18.2 Å². The quantitative estimate of drug-likeness (QED) is 0.357. The number of carbonyl (C=O) groups excluding carboxylic acids is 1. The number of benzene rings is 2. The molecule has 1 amide bonds. The molecule has 1 aliphatic heterocycles. The molecule has 196 valence electrons. The molecule has 0 spiro atoms. The van der Waals surface area contributed by atoms with Gasteiger partial charge in [-0.1, -0.05) is 41.4 Å². The third kappa shape index (κ3) is 5.46. The number of amides is 1. The minimum absolute atomic E-state index is 0.0831. The molecule has 2 N–H and O–H groups in total. The van der Waals surface area contributed by atoms with Gasteiger partial charge in [0.15, 0.2) is 0 Å². The molecule has 5 rings (SSSR count). The van der Waals surface area contributed by atoms with Gasteiger partial charge >= 0.3 is 0 Å². The number of rotatable bonds is 6. The summed E-state index contributed by atoms with van der Waals surface area (Å²) in [6.07, 6.45) is 8.18. The Labute approximate surface area is 230 Å². The predicted octanol–water partition coefficient (Wildman–Crippen LogP) is 6.66. The van der Waals surface area contributed by atoms with Crippen molar-refractivity contribution in [1.29, 1.82) is 0 Å². The fourth-order valence-corrected chi connectivity index (χ4v) is 5.50. The van der Waals surface area contributed by atoms with Crippen LogP contribution in [0.3, 0.4) is 0 Å². The summed E-state index contributed by atoms with van der Waals surface area (Å²) in [7, 11) is 0. The van der Waals surface area contributed by atoms with Crippen LogP contribution < -0.4 is 5.32 Å². The van der Waals surface area contributed by atoms with Crippen molar-refractivity contribution in [2.24, 2.45) is 5.92 Å². The van der Waals surface area contributed by atoms with Crippen LogP contribution in [-0.4, -0.2) is 39.0 Å². The number of halogens is 3. The van der Waals surface area contributed by atoms with E-state index in [0.717, 1.165) is 41.5 Å². The third-order valence-corrected chi connectivity index (χ3v) is 7.59. The summed E-state index contributed by atoms with van der Waals surface area (Å²) in [5.74, 6) is -0.0934. The zero-order valence-electron chi connectivity index (χ0n) is 20.8. The first-order valence-electron chi connectivity index (χ1n) is 12.5. The summed E-state index contributed by atoms with van der Waals surface area (Å²) in [6.45, 7) is 2.27. The highest BCUT2D eigenvalue weighted by Gasteiger charge is 2.34. The van der Waals surface area contributed by atoms with Crippen molar-refractivity contribution in [1.82, 2.24) is 14.9 Å². The van der Waals surface area contributed by atoms with Gasteiger partial charge in [-0.2, -0.15) is 0 Å². The Morgan fingerprint density at radius 2 is 2.08 bits per heavy atom. The Balaban J connectivity index is 1.45. The minimum Gasteiger partial charge on any atom is -0.394 e. The average molecular weight is 553 g/mol. The number of likely N-dealkylation sites (tertiary alicyclic amines) is 1. The molecule has 38 heavy (non-hydrogen) atoms. The van der Waals surface area contributed by atoms with Crippen LogP contribution in [0.15, 0.2) is 66.4 Å². The summed E-state index contributed by atoms with van der Waals surface area (Å²) in [5.41, 5.74) is 4.40. The van der Waals surface area contributed by atoms with Crippen LogP contribution >= 0.6 is 23.2 Å². The van der Waals surface area contributed by atoms with Crippen LogP contribution in [0.2, 0.25) is 10.0 Å². The number of aryl methyl sites for hydroxylation is 1. The number of aromatic nitrogens is 2. The van der Waals surface area contributed by atoms with Gasteiger partial charge < -0.3 is 15.3 Å². The van der Waals surface area contributed by atoms with Crippen molar-refractivity contribution >= 4 is 46.3 Å². The fraction of sp³-hybridized carbons (Fsp3) is 0.276. The first kappa shape index (κ1) is 26.4. The van der Waals surface area contributed by atoms with Crippen molar-refractivity contribution in [3.63, 3.8) is 0 Å². The molecule has 0 radical (unpaired) electrons. The number of aliphatic hydroxyl groups excluding tert-OH is 1. The Hall–Kier alpha value is -3.26. The summed E-state index contributed by atoms with van der Waals surface area (Å²) < 4.78 is 13.4. The number of fused-ring (bicyclic) bond motifs is 1. The zero-order chi connectivity index (χ0) is 26.8. The Kier molecular flexibility index (Phi) is 7.79. The van der Waals surface area contributed by atoms with Crippen molar-refractivity contribution in [3.8, 4) is 0 Å². The lowest BCUT2D eigenvalue weighted by molar-refractivity contribution is -0.130. The molecule has 1 aliphatic carbocycles. The smallest absolute Gasteiger partial charge is 0.250 e. The molecular formula is C29H27Cl2FN4O2. The van der Waals surface area contributed by atoms with Crippen molar-refractivity contribution in [2.75, 3.05) is 18.5 Å². The highest BCUT2D eigenvalue weighted by Crippen LogP contribution is 2.38. The molecule has 1 unspecified atom stereocenters. The Bertz CT molecular complexity index is 1440. The van der Waals surface area contributed by atoms with Gasteiger partial charge in [-0.3, -0.25) is 4.79 Å². The minimum atomic E-state index is -0.479. The van der Waals surface area contributed by atoms with E-state index in [1.54, 1.807) is 23.2 Å². The number of hydrogen-bond donors (Lipinski definition) is 2. The molecule has 1 aromatic heterocycles. The van der Waals surface area contributed by atoms with Gasteiger partial charge in [0.25, 0.3) is 5.91 Å². The van der Waals surface area contributed by atoms with Gasteiger partial charge in [0.05, 0.1) is 29.1 Å². The normalized spacial score (nSPS) is 18.3. The summed E-state index contributed by atoms with van der Waals surface area (Å²) in [6, 6.07) is 10.9. The van der Waals surface area contributed by atoms with E-state index < -0.39 is 11.9 Å². The maximum atomic E-state index is 13.9. The van der Waals surface area contributed by atoms with Gasteiger partial charge in [0.1, 0.15) is 5.82 Å². The molecular weight excluding hydrogens is 526 g/mol. The SMILES string of the molecule is Cc1cnc(Nc2ccc(F)cc2Cl)nc1C1=CCC2CCCN([C@H](CO)c3cccc(Cl)c3)C(=O)C2=C1. The molecule has 6 nitrogen and oxygen atoms in total. The number of hydrogen-bond acceptors (Lipinski definition) is 5. The predicted molar refractivity (Wildman–Crippen MR) is 148 cm³/mol. The molecule has 9 heteroatoms. The van der Waals surface area contributed by atoms with E-state index in [0.29, 0.717) is 28.9 Å². The first-order valence-corrected chi connectivity index (χ1v) is 13.2. The molecule has 2 atom stereocenters. The van der Waals surface area contributed by atoms with Gasteiger partial charge in [0, 0.05) is 23.3 Å². The van der Waals surface area contributed by atoms with Crippen LogP contribution in [-0.2, 0) is 4.79 Å². The van der Waals surface area contributed by atoms with E-state index in [-0.39, 0.29) is 23.5 Å². The maximum absolute atomic E-state index is 13.9. The zero-order valence-corrected chi connectivity index (χ0v) is 22.3. The van der Waals surface area contributed by atoms with Gasteiger partial charge in [-0.05, 0) is 85.2 Å². The fourth-order valence-electron chi connectivity index (χ4n) is 5.09. The van der Waals surface area contributed by atoms with Gasteiger partial charge in [-0.25, -0.2) is 14.4 Å². The molecule has 2 aromatic carbocycles. The monoisotopic (exact) mass is 552 g/mol. The molecule has 1 fully saturated rings. The lowest BCUT2D eigenvalue weighted by atomic mass is 9.84. The van der Waals surface area contributed by atoms with Gasteiger partial charge in [-0.15, -0.1) is 0 Å². The summed E-state index contributed by atoms with van der Waals surface area (Å²) in [4.78, 5) is 24.7. The largest absolute Gasteiger partial charge is 0.394 e. The summed E-state index contributed by atoms with van der Waals surface area (Å²) in [5, 5.41) is 14.1. The third-order valence-electron chi connectivity index (χ3n) is 7.04. The second kappa shape index (κ2) is 11.2.